The second-order valence-corrected chi connectivity index (χ2v) is 5.39. The zero-order valence-corrected chi connectivity index (χ0v) is 12.6. The number of fused-ring (bicyclic) bond motifs is 1. The zero-order chi connectivity index (χ0) is 16.1. The highest BCUT2D eigenvalue weighted by Crippen LogP contribution is 2.17. The maximum Gasteiger partial charge on any atom is 0.223 e. The lowest BCUT2D eigenvalue weighted by atomic mass is 10.1. The largest absolute Gasteiger partial charge is 0.388 e. The highest BCUT2D eigenvalue weighted by molar-refractivity contribution is 5.85. The molecule has 116 valence electrons. The average Bonchev–Trinajstić information content (AvgIpc) is 2.60. The van der Waals surface area contributed by atoms with Crippen molar-refractivity contribution in [3.63, 3.8) is 0 Å². The first-order chi connectivity index (χ1) is 11.2. The molecule has 3 rings (SSSR count). The number of aromatic nitrogens is 1. The fourth-order valence-electron chi connectivity index (χ4n) is 2.55. The third-order valence-corrected chi connectivity index (χ3v) is 3.77. The SMILES string of the molecule is O=C(CC(O)c1ccccc1)NCc1nccc2ccccc12. The predicted octanol–water partition coefficient (Wildman–Crippen LogP) is 2.97. The first kappa shape index (κ1) is 15.2. The first-order valence-corrected chi connectivity index (χ1v) is 7.56. The van der Waals surface area contributed by atoms with E-state index in [0.717, 1.165) is 22.0 Å². The van der Waals surface area contributed by atoms with Crippen LogP contribution in [0.25, 0.3) is 10.8 Å². The molecular weight excluding hydrogens is 288 g/mol. The number of carbonyl (C=O) groups excluding carboxylic acids is 1. The minimum Gasteiger partial charge on any atom is -0.388 e. The van der Waals surface area contributed by atoms with Crippen LogP contribution < -0.4 is 5.32 Å². The van der Waals surface area contributed by atoms with Gasteiger partial charge in [0, 0.05) is 11.6 Å². The van der Waals surface area contributed by atoms with E-state index >= 15 is 0 Å². The van der Waals surface area contributed by atoms with Crippen LogP contribution in [-0.2, 0) is 11.3 Å². The third kappa shape index (κ3) is 3.73. The van der Waals surface area contributed by atoms with Gasteiger partial charge in [-0.3, -0.25) is 9.78 Å². The Kier molecular flexibility index (Phi) is 4.64. The fraction of sp³-hybridized carbons (Fsp3) is 0.158. The summed E-state index contributed by atoms with van der Waals surface area (Å²) in [6.07, 6.45) is 0.980. The highest BCUT2D eigenvalue weighted by Gasteiger charge is 2.13. The van der Waals surface area contributed by atoms with Crippen LogP contribution in [0.4, 0.5) is 0 Å². The van der Waals surface area contributed by atoms with E-state index in [4.69, 9.17) is 0 Å². The molecule has 0 fully saturated rings. The van der Waals surface area contributed by atoms with E-state index in [1.165, 1.54) is 0 Å². The number of carbonyl (C=O) groups is 1. The van der Waals surface area contributed by atoms with Gasteiger partial charge in [0.25, 0.3) is 0 Å². The number of aliphatic hydroxyl groups excluding tert-OH is 1. The maximum atomic E-state index is 12.0. The van der Waals surface area contributed by atoms with Crippen molar-refractivity contribution in [2.24, 2.45) is 0 Å². The van der Waals surface area contributed by atoms with Crippen molar-refractivity contribution < 1.29 is 9.90 Å². The molecule has 23 heavy (non-hydrogen) atoms. The zero-order valence-electron chi connectivity index (χ0n) is 12.6. The van der Waals surface area contributed by atoms with Gasteiger partial charge in [0.15, 0.2) is 0 Å². The lowest BCUT2D eigenvalue weighted by Crippen LogP contribution is -2.25. The summed E-state index contributed by atoms with van der Waals surface area (Å²) in [4.78, 5) is 16.4. The Morgan fingerprint density at radius 1 is 1.04 bits per heavy atom. The Morgan fingerprint density at radius 3 is 2.61 bits per heavy atom. The Bertz CT molecular complexity index is 797. The molecule has 0 aliphatic heterocycles. The average molecular weight is 306 g/mol. The molecule has 1 aromatic heterocycles. The van der Waals surface area contributed by atoms with Crippen LogP contribution in [0.3, 0.4) is 0 Å². The van der Waals surface area contributed by atoms with E-state index in [1.807, 2.05) is 60.7 Å². The van der Waals surface area contributed by atoms with Crippen LogP contribution in [-0.4, -0.2) is 16.0 Å². The minimum absolute atomic E-state index is 0.0365. The van der Waals surface area contributed by atoms with Gasteiger partial charge in [-0.15, -0.1) is 0 Å². The van der Waals surface area contributed by atoms with Gasteiger partial charge in [-0.2, -0.15) is 0 Å². The molecule has 2 N–H and O–H groups in total. The van der Waals surface area contributed by atoms with Gasteiger partial charge >= 0.3 is 0 Å². The minimum atomic E-state index is -0.795. The van der Waals surface area contributed by atoms with Crippen molar-refractivity contribution in [2.45, 2.75) is 19.1 Å². The van der Waals surface area contributed by atoms with E-state index in [1.54, 1.807) is 6.20 Å². The summed E-state index contributed by atoms with van der Waals surface area (Å²) >= 11 is 0. The summed E-state index contributed by atoms with van der Waals surface area (Å²) in [5.41, 5.74) is 1.57. The maximum absolute atomic E-state index is 12.0. The number of aliphatic hydroxyl groups is 1. The van der Waals surface area contributed by atoms with Gasteiger partial charge in [-0.05, 0) is 17.0 Å². The summed E-state index contributed by atoms with van der Waals surface area (Å²) in [6, 6.07) is 19.1. The molecule has 0 aliphatic rings. The lowest BCUT2D eigenvalue weighted by Gasteiger charge is -2.11. The molecule has 1 atom stereocenters. The van der Waals surface area contributed by atoms with Crippen LogP contribution in [0.1, 0.15) is 23.8 Å². The number of benzene rings is 2. The molecule has 1 unspecified atom stereocenters. The quantitative estimate of drug-likeness (QED) is 0.762. The fourth-order valence-corrected chi connectivity index (χ4v) is 2.55. The summed E-state index contributed by atoms with van der Waals surface area (Å²) in [5, 5.41) is 15.0. The number of nitrogens with one attached hydrogen (secondary N) is 1. The Hall–Kier alpha value is -2.72. The summed E-state index contributed by atoms with van der Waals surface area (Å²) in [7, 11) is 0. The molecule has 4 nitrogen and oxygen atoms in total. The number of hydrogen-bond acceptors (Lipinski definition) is 3. The molecule has 0 radical (unpaired) electrons. The van der Waals surface area contributed by atoms with Crippen molar-refractivity contribution >= 4 is 16.7 Å². The van der Waals surface area contributed by atoms with Gasteiger partial charge in [-0.1, -0.05) is 54.6 Å². The van der Waals surface area contributed by atoms with Crippen LogP contribution in [0, 0.1) is 0 Å². The van der Waals surface area contributed by atoms with E-state index in [0.29, 0.717) is 6.54 Å². The molecule has 0 spiro atoms. The molecule has 0 saturated carbocycles. The van der Waals surface area contributed by atoms with E-state index in [2.05, 4.69) is 10.3 Å². The number of rotatable bonds is 5. The summed E-state index contributed by atoms with van der Waals surface area (Å²) in [6.45, 7) is 0.349. The van der Waals surface area contributed by atoms with Crippen LogP contribution >= 0.6 is 0 Å². The van der Waals surface area contributed by atoms with Crippen molar-refractivity contribution in [1.82, 2.24) is 10.3 Å². The van der Waals surface area contributed by atoms with E-state index < -0.39 is 6.10 Å². The van der Waals surface area contributed by atoms with Crippen molar-refractivity contribution in [2.75, 3.05) is 0 Å². The number of hydrogen-bond donors (Lipinski definition) is 2. The predicted molar refractivity (Wildman–Crippen MR) is 89.6 cm³/mol. The molecule has 0 saturated heterocycles. The number of nitrogens with zero attached hydrogens (tertiary/aromatic N) is 1. The van der Waals surface area contributed by atoms with Crippen LogP contribution in [0.15, 0.2) is 66.9 Å². The molecule has 3 aromatic rings. The monoisotopic (exact) mass is 306 g/mol. The second kappa shape index (κ2) is 7.03. The number of amides is 1. The molecule has 1 heterocycles. The second-order valence-electron chi connectivity index (χ2n) is 5.39. The molecule has 2 aromatic carbocycles. The molecular formula is C19H18N2O2. The molecule has 1 amide bonds. The van der Waals surface area contributed by atoms with Crippen LogP contribution in [0.5, 0.6) is 0 Å². The summed E-state index contributed by atoms with van der Waals surface area (Å²) in [5.74, 6) is -0.198. The smallest absolute Gasteiger partial charge is 0.223 e. The van der Waals surface area contributed by atoms with Gasteiger partial charge in [0.1, 0.15) is 0 Å². The van der Waals surface area contributed by atoms with Crippen molar-refractivity contribution in [3.05, 3.63) is 78.1 Å². The van der Waals surface area contributed by atoms with E-state index in [-0.39, 0.29) is 12.3 Å². The first-order valence-electron chi connectivity index (χ1n) is 7.56. The number of pyridine rings is 1. The van der Waals surface area contributed by atoms with Crippen molar-refractivity contribution in [1.29, 1.82) is 0 Å². The normalized spacial score (nSPS) is 12.0. The summed E-state index contributed by atoms with van der Waals surface area (Å²) < 4.78 is 0. The van der Waals surface area contributed by atoms with Crippen LogP contribution in [0.2, 0.25) is 0 Å². The third-order valence-electron chi connectivity index (χ3n) is 3.77. The van der Waals surface area contributed by atoms with Gasteiger partial charge in [0.05, 0.1) is 24.8 Å². The van der Waals surface area contributed by atoms with Gasteiger partial charge in [-0.25, -0.2) is 0 Å². The van der Waals surface area contributed by atoms with E-state index in [9.17, 15) is 9.90 Å². The molecule has 0 bridgehead atoms. The Labute approximate surface area is 134 Å². The topological polar surface area (TPSA) is 62.2 Å². The van der Waals surface area contributed by atoms with Crippen molar-refractivity contribution in [3.8, 4) is 0 Å². The Balaban J connectivity index is 1.62. The van der Waals surface area contributed by atoms with Gasteiger partial charge in [0.2, 0.25) is 5.91 Å². The molecule has 0 aliphatic carbocycles. The lowest BCUT2D eigenvalue weighted by molar-refractivity contribution is -0.123. The molecule has 4 heteroatoms. The highest BCUT2D eigenvalue weighted by atomic mass is 16.3. The standard InChI is InChI=1S/C19H18N2O2/c22-18(15-7-2-1-3-8-15)12-19(23)21-13-17-16-9-5-4-6-14(16)10-11-20-17/h1-11,18,22H,12-13H2,(H,21,23). The van der Waals surface area contributed by atoms with Gasteiger partial charge < -0.3 is 10.4 Å². The Morgan fingerprint density at radius 2 is 1.78 bits per heavy atom.